The molecule has 1 aromatic heterocycles. The highest BCUT2D eigenvalue weighted by molar-refractivity contribution is 14.1. The Hall–Kier alpha value is -0.950. The standard InChI is InChI=1S/C13H16IN3O/c1-3-8-17-12(9-15-16-17)13(2,18)10-4-6-11(14)7-5-10/h4-7,9,18H,3,8H2,1-2H3. The van der Waals surface area contributed by atoms with Gasteiger partial charge < -0.3 is 5.11 Å². The van der Waals surface area contributed by atoms with Gasteiger partial charge in [0, 0.05) is 10.1 Å². The van der Waals surface area contributed by atoms with Crippen molar-refractivity contribution in [2.24, 2.45) is 0 Å². The van der Waals surface area contributed by atoms with Gasteiger partial charge in [0.05, 0.1) is 11.9 Å². The van der Waals surface area contributed by atoms with Gasteiger partial charge in [-0.2, -0.15) is 0 Å². The zero-order chi connectivity index (χ0) is 13.2. The van der Waals surface area contributed by atoms with E-state index in [1.54, 1.807) is 17.8 Å². The average molecular weight is 357 g/mol. The Balaban J connectivity index is 2.40. The maximum Gasteiger partial charge on any atom is 0.130 e. The van der Waals surface area contributed by atoms with Crippen LogP contribution in [0.2, 0.25) is 0 Å². The van der Waals surface area contributed by atoms with Crippen molar-refractivity contribution in [2.45, 2.75) is 32.4 Å². The molecule has 1 atom stereocenters. The van der Waals surface area contributed by atoms with E-state index in [-0.39, 0.29) is 0 Å². The number of hydrogen-bond donors (Lipinski definition) is 1. The summed E-state index contributed by atoms with van der Waals surface area (Å²) >= 11 is 2.25. The summed E-state index contributed by atoms with van der Waals surface area (Å²) < 4.78 is 2.91. The van der Waals surface area contributed by atoms with Gasteiger partial charge in [-0.05, 0) is 53.6 Å². The van der Waals surface area contributed by atoms with Gasteiger partial charge in [-0.15, -0.1) is 5.10 Å². The molecule has 4 nitrogen and oxygen atoms in total. The molecule has 0 fully saturated rings. The summed E-state index contributed by atoms with van der Waals surface area (Å²) in [5, 5.41) is 18.7. The molecule has 1 aromatic carbocycles. The van der Waals surface area contributed by atoms with Crippen molar-refractivity contribution in [3.63, 3.8) is 0 Å². The van der Waals surface area contributed by atoms with Crippen LogP contribution in [0.4, 0.5) is 0 Å². The molecule has 0 aliphatic heterocycles. The minimum absolute atomic E-state index is 0.727. The predicted molar refractivity (Wildman–Crippen MR) is 78.1 cm³/mol. The molecule has 0 aliphatic carbocycles. The summed E-state index contributed by atoms with van der Waals surface area (Å²) in [5.74, 6) is 0. The molecule has 0 saturated heterocycles. The van der Waals surface area contributed by atoms with Gasteiger partial charge in [-0.3, -0.25) is 0 Å². The molecule has 1 heterocycles. The molecular weight excluding hydrogens is 341 g/mol. The van der Waals surface area contributed by atoms with Crippen LogP contribution in [0.1, 0.15) is 31.5 Å². The maximum atomic E-state index is 10.7. The Bertz CT molecular complexity index is 519. The molecule has 0 saturated carbocycles. The maximum absolute atomic E-state index is 10.7. The number of aromatic nitrogens is 3. The topological polar surface area (TPSA) is 50.9 Å². The molecule has 2 aromatic rings. The van der Waals surface area contributed by atoms with Gasteiger partial charge in [0.2, 0.25) is 0 Å². The third kappa shape index (κ3) is 2.56. The summed E-state index contributed by atoms with van der Waals surface area (Å²) in [4.78, 5) is 0. The minimum Gasteiger partial charge on any atom is -0.379 e. The van der Waals surface area contributed by atoms with Gasteiger partial charge in [0.25, 0.3) is 0 Å². The monoisotopic (exact) mass is 357 g/mol. The third-order valence-corrected chi connectivity index (χ3v) is 3.68. The van der Waals surface area contributed by atoms with E-state index in [2.05, 4.69) is 39.8 Å². The quantitative estimate of drug-likeness (QED) is 0.856. The lowest BCUT2D eigenvalue weighted by atomic mass is 9.93. The summed E-state index contributed by atoms with van der Waals surface area (Å²) in [6, 6.07) is 7.84. The van der Waals surface area contributed by atoms with Crippen molar-refractivity contribution >= 4 is 22.6 Å². The van der Waals surface area contributed by atoms with Crippen LogP contribution in [0.3, 0.4) is 0 Å². The van der Waals surface area contributed by atoms with Crippen LogP contribution in [-0.2, 0) is 12.1 Å². The Kier molecular flexibility index (Phi) is 4.01. The molecule has 18 heavy (non-hydrogen) atoms. The van der Waals surface area contributed by atoms with Crippen LogP contribution in [-0.4, -0.2) is 20.1 Å². The van der Waals surface area contributed by atoms with E-state index in [0.717, 1.165) is 27.8 Å². The van der Waals surface area contributed by atoms with Gasteiger partial charge in [0.1, 0.15) is 5.60 Å². The lowest BCUT2D eigenvalue weighted by molar-refractivity contribution is 0.0914. The first-order valence-electron chi connectivity index (χ1n) is 5.93. The number of rotatable bonds is 4. The van der Waals surface area contributed by atoms with Crippen molar-refractivity contribution in [1.82, 2.24) is 15.0 Å². The van der Waals surface area contributed by atoms with Gasteiger partial charge in [-0.25, -0.2) is 4.68 Å². The Morgan fingerprint density at radius 1 is 1.33 bits per heavy atom. The molecule has 1 N–H and O–H groups in total. The lowest BCUT2D eigenvalue weighted by Crippen LogP contribution is -2.27. The van der Waals surface area contributed by atoms with E-state index < -0.39 is 5.60 Å². The molecule has 0 amide bonds. The highest BCUT2D eigenvalue weighted by Crippen LogP contribution is 2.28. The predicted octanol–water partition coefficient (Wildman–Crippen LogP) is 2.55. The fraction of sp³-hybridized carbons (Fsp3) is 0.385. The second kappa shape index (κ2) is 5.36. The number of halogens is 1. The molecule has 0 bridgehead atoms. The smallest absolute Gasteiger partial charge is 0.130 e. The molecule has 0 radical (unpaired) electrons. The third-order valence-electron chi connectivity index (χ3n) is 2.96. The van der Waals surface area contributed by atoms with E-state index in [4.69, 9.17) is 0 Å². The Morgan fingerprint density at radius 3 is 2.61 bits per heavy atom. The van der Waals surface area contributed by atoms with Crippen LogP contribution >= 0.6 is 22.6 Å². The van der Waals surface area contributed by atoms with Crippen LogP contribution in [0.25, 0.3) is 0 Å². The van der Waals surface area contributed by atoms with E-state index >= 15 is 0 Å². The normalized spacial score (nSPS) is 14.4. The van der Waals surface area contributed by atoms with E-state index in [9.17, 15) is 5.11 Å². The van der Waals surface area contributed by atoms with Crippen LogP contribution in [0, 0.1) is 3.57 Å². The van der Waals surface area contributed by atoms with E-state index in [1.165, 1.54) is 0 Å². The zero-order valence-electron chi connectivity index (χ0n) is 10.5. The van der Waals surface area contributed by atoms with Crippen molar-refractivity contribution in [2.75, 3.05) is 0 Å². The molecule has 0 spiro atoms. The van der Waals surface area contributed by atoms with Gasteiger partial charge in [-0.1, -0.05) is 24.3 Å². The lowest BCUT2D eigenvalue weighted by Gasteiger charge is -2.24. The minimum atomic E-state index is -1.07. The molecule has 96 valence electrons. The summed E-state index contributed by atoms with van der Waals surface area (Å²) in [7, 11) is 0. The van der Waals surface area contributed by atoms with Gasteiger partial charge in [0.15, 0.2) is 0 Å². The number of aryl methyl sites for hydroxylation is 1. The number of benzene rings is 1. The summed E-state index contributed by atoms with van der Waals surface area (Å²) in [6.07, 6.45) is 2.59. The fourth-order valence-corrected chi connectivity index (χ4v) is 2.29. The number of aliphatic hydroxyl groups is 1. The first-order valence-corrected chi connectivity index (χ1v) is 7.01. The van der Waals surface area contributed by atoms with Gasteiger partial charge >= 0.3 is 0 Å². The van der Waals surface area contributed by atoms with E-state index in [0.29, 0.717) is 0 Å². The van der Waals surface area contributed by atoms with E-state index in [1.807, 2.05) is 24.3 Å². The molecule has 2 rings (SSSR count). The Labute approximate surface area is 120 Å². The van der Waals surface area contributed by atoms with Crippen molar-refractivity contribution in [3.05, 3.63) is 45.3 Å². The second-order valence-corrected chi connectivity index (χ2v) is 5.67. The van der Waals surface area contributed by atoms with Crippen molar-refractivity contribution in [3.8, 4) is 0 Å². The van der Waals surface area contributed by atoms with Crippen molar-refractivity contribution < 1.29 is 5.11 Å². The second-order valence-electron chi connectivity index (χ2n) is 4.42. The van der Waals surface area contributed by atoms with Crippen LogP contribution in [0.5, 0.6) is 0 Å². The van der Waals surface area contributed by atoms with Crippen molar-refractivity contribution in [1.29, 1.82) is 0 Å². The van der Waals surface area contributed by atoms with Crippen LogP contribution in [0.15, 0.2) is 30.5 Å². The molecule has 0 aliphatic rings. The number of hydrogen-bond acceptors (Lipinski definition) is 3. The average Bonchev–Trinajstić information content (AvgIpc) is 2.79. The zero-order valence-corrected chi connectivity index (χ0v) is 12.6. The SMILES string of the molecule is CCCn1nncc1C(C)(O)c1ccc(I)cc1. The first kappa shape index (κ1) is 13.5. The molecular formula is C13H16IN3O. The largest absolute Gasteiger partial charge is 0.379 e. The molecule has 1 unspecified atom stereocenters. The highest BCUT2D eigenvalue weighted by atomic mass is 127. The summed E-state index contributed by atoms with van der Waals surface area (Å²) in [5.41, 5.74) is 0.511. The number of nitrogens with zero attached hydrogens (tertiary/aromatic N) is 3. The Morgan fingerprint density at radius 2 is 2.00 bits per heavy atom. The summed E-state index contributed by atoms with van der Waals surface area (Å²) in [6.45, 7) is 4.61. The highest BCUT2D eigenvalue weighted by Gasteiger charge is 2.29. The molecule has 5 heteroatoms. The first-order chi connectivity index (χ1) is 8.55. The van der Waals surface area contributed by atoms with Crippen LogP contribution < -0.4 is 0 Å². The fourth-order valence-electron chi connectivity index (χ4n) is 1.93.